The molecule has 0 spiro atoms. The molecule has 0 aliphatic carbocycles. The second kappa shape index (κ2) is 6.55. The molecule has 0 bridgehead atoms. The van der Waals surface area contributed by atoms with Crippen molar-refractivity contribution >= 4 is 5.91 Å². The van der Waals surface area contributed by atoms with Gasteiger partial charge in [-0.25, -0.2) is 0 Å². The van der Waals surface area contributed by atoms with Gasteiger partial charge in [-0.05, 0) is 6.42 Å². The van der Waals surface area contributed by atoms with Gasteiger partial charge in [0.1, 0.15) is 0 Å². The number of hydrogen-bond donors (Lipinski definition) is 2. The second-order valence-electron chi connectivity index (χ2n) is 2.18. The number of hydrogen-bond acceptors (Lipinski definition) is 2. The summed E-state index contributed by atoms with van der Waals surface area (Å²) in [6.07, 6.45) is 2.32. The first-order valence-electron chi connectivity index (χ1n) is 3.68. The van der Waals surface area contributed by atoms with Crippen molar-refractivity contribution in [3.8, 4) is 0 Å². The Hall–Kier alpha value is -0.570. The topological polar surface area (TPSA) is 49.3 Å². The number of rotatable bonds is 5. The van der Waals surface area contributed by atoms with E-state index in [2.05, 4.69) is 12.2 Å². The number of carbonyl (C=O) groups is 1. The molecule has 3 nitrogen and oxygen atoms in total. The van der Waals surface area contributed by atoms with Crippen molar-refractivity contribution in [2.45, 2.75) is 26.2 Å². The first kappa shape index (κ1) is 9.43. The number of nitrogens with one attached hydrogen (secondary N) is 1. The Morgan fingerprint density at radius 2 is 2.30 bits per heavy atom. The van der Waals surface area contributed by atoms with Crippen LogP contribution in [0.1, 0.15) is 26.2 Å². The van der Waals surface area contributed by atoms with Gasteiger partial charge in [0.2, 0.25) is 5.91 Å². The first-order chi connectivity index (χ1) is 4.81. The first-order valence-corrected chi connectivity index (χ1v) is 3.68. The molecular formula is C7H15NO2. The van der Waals surface area contributed by atoms with E-state index in [-0.39, 0.29) is 18.9 Å². The van der Waals surface area contributed by atoms with Crippen LogP contribution < -0.4 is 5.32 Å². The molecule has 0 unspecified atom stereocenters. The predicted molar refractivity (Wildman–Crippen MR) is 39.6 cm³/mol. The minimum absolute atomic E-state index is 0.0576. The smallest absolute Gasteiger partial charge is 0.222 e. The van der Waals surface area contributed by atoms with Crippen LogP contribution in [-0.2, 0) is 4.79 Å². The average Bonchev–Trinajstić information content (AvgIpc) is 1.89. The van der Waals surface area contributed by atoms with E-state index in [0.717, 1.165) is 19.4 Å². The van der Waals surface area contributed by atoms with Gasteiger partial charge in [-0.15, -0.1) is 0 Å². The summed E-state index contributed by atoms with van der Waals surface area (Å²) in [5, 5.41) is 11.0. The minimum atomic E-state index is -0.0593. The molecule has 0 aliphatic rings. The summed E-state index contributed by atoms with van der Waals surface area (Å²) in [6.45, 7) is 2.74. The molecular weight excluding hydrogens is 130 g/mol. The van der Waals surface area contributed by atoms with Crippen molar-refractivity contribution in [2.75, 3.05) is 13.2 Å². The van der Waals surface area contributed by atoms with E-state index in [1.807, 2.05) is 0 Å². The van der Waals surface area contributed by atoms with E-state index in [1.165, 1.54) is 0 Å². The third kappa shape index (κ3) is 5.56. The van der Waals surface area contributed by atoms with E-state index < -0.39 is 0 Å². The SMILES string of the molecule is CCCCNC(=O)CCO. The lowest BCUT2D eigenvalue weighted by atomic mass is 10.3. The van der Waals surface area contributed by atoms with Crippen LogP contribution in [0.15, 0.2) is 0 Å². The lowest BCUT2D eigenvalue weighted by Gasteiger charge is -2.00. The maximum absolute atomic E-state index is 10.6. The number of amides is 1. The second-order valence-corrected chi connectivity index (χ2v) is 2.18. The van der Waals surface area contributed by atoms with Crippen LogP contribution in [0, 0.1) is 0 Å². The molecule has 0 aromatic heterocycles. The van der Waals surface area contributed by atoms with Gasteiger partial charge in [-0.1, -0.05) is 13.3 Å². The lowest BCUT2D eigenvalue weighted by molar-refractivity contribution is -0.121. The van der Waals surface area contributed by atoms with Crippen LogP contribution in [-0.4, -0.2) is 24.2 Å². The largest absolute Gasteiger partial charge is 0.396 e. The maximum Gasteiger partial charge on any atom is 0.222 e. The molecule has 10 heavy (non-hydrogen) atoms. The highest BCUT2D eigenvalue weighted by Crippen LogP contribution is 1.83. The highest BCUT2D eigenvalue weighted by Gasteiger charge is 1.96. The zero-order valence-electron chi connectivity index (χ0n) is 6.39. The summed E-state index contributed by atoms with van der Waals surface area (Å²) < 4.78 is 0. The van der Waals surface area contributed by atoms with Crippen LogP contribution in [0.4, 0.5) is 0 Å². The number of aliphatic hydroxyl groups is 1. The fourth-order valence-corrected chi connectivity index (χ4v) is 0.595. The average molecular weight is 145 g/mol. The van der Waals surface area contributed by atoms with Crippen molar-refractivity contribution in [2.24, 2.45) is 0 Å². The molecule has 0 aliphatic heterocycles. The molecule has 0 radical (unpaired) electrons. The van der Waals surface area contributed by atoms with E-state index in [4.69, 9.17) is 5.11 Å². The Balaban J connectivity index is 3.05. The summed E-state index contributed by atoms with van der Waals surface area (Å²) in [6, 6.07) is 0. The van der Waals surface area contributed by atoms with Gasteiger partial charge in [0.05, 0.1) is 6.61 Å². The molecule has 0 saturated heterocycles. The van der Waals surface area contributed by atoms with Crippen molar-refractivity contribution < 1.29 is 9.90 Å². The Morgan fingerprint density at radius 1 is 1.60 bits per heavy atom. The van der Waals surface area contributed by atoms with Gasteiger partial charge in [-0.2, -0.15) is 0 Å². The van der Waals surface area contributed by atoms with Gasteiger partial charge in [-0.3, -0.25) is 4.79 Å². The molecule has 0 rings (SSSR count). The van der Waals surface area contributed by atoms with E-state index in [0.29, 0.717) is 0 Å². The summed E-state index contributed by atoms with van der Waals surface area (Å²) >= 11 is 0. The zero-order valence-corrected chi connectivity index (χ0v) is 6.39. The number of carbonyl (C=O) groups excluding carboxylic acids is 1. The van der Waals surface area contributed by atoms with Crippen LogP contribution in [0.5, 0.6) is 0 Å². The summed E-state index contributed by atoms with van der Waals surface area (Å²) in [5.41, 5.74) is 0. The molecule has 1 amide bonds. The zero-order chi connectivity index (χ0) is 7.82. The highest BCUT2D eigenvalue weighted by atomic mass is 16.3. The molecule has 2 N–H and O–H groups in total. The Bertz CT molecular complexity index is 93.6. The van der Waals surface area contributed by atoms with Crippen molar-refractivity contribution in [3.05, 3.63) is 0 Å². The summed E-state index contributed by atoms with van der Waals surface area (Å²) in [5.74, 6) is -0.0593. The molecule has 0 aromatic rings. The van der Waals surface area contributed by atoms with Crippen LogP contribution >= 0.6 is 0 Å². The minimum Gasteiger partial charge on any atom is -0.396 e. The van der Waals surface area contributed by atoms with Crippen molar-refractivity contribution in [3.63, 3.8) is 0 Å². The van der Waals surface area contributed by atoms with Gasteiger partial charge >= 0.3 is 0 Å². The number of aliphatic hydroxyl groups excluding tert-OH is 1. The lowest BCUT2D eigenvalue weighted by Crippen LogP contribution is -2.24. The van der Waals surface area contributed by atoms with Crippen LogP contribution in [0.25, 0.3) is 0 Å². The third-order valence-electron chi connectivity index (χ3n) is 1.19. The molecule has 60 valence electrons. The van der Waals surface area contributed by atoms with Gasteiger partial charge in [0.25, 0.3) is 0 Å². The number of unbranched alkanes of at least 4 members (excludes halogenated alkanes) is 1. The van der Waals surface area contributed by atoms with Crippen molar-refractivity contribution in [1.82, 2.24) is 5.32 Å². The molecule has 0 aromatic carbocycles. The van der Waals surface area contributed by atoms with Crippen molar-refractivity contribution in [1.29, 1.82) is 0 Å². The predicted octanol–water partition coefficient (Wildman–Crippen LogP) is 0.285. The normalized spacial score (nSPS) is 9.40. The summed E-state index contributed by atoms with van der Waals surface area (Å²) in [4.78, 5) is 10.6. The molecule has 3 heteroatoms. The maximum atomic E-state index is 10.6. The molecule has 0 saturated carbocycles. The summed E-state index contributed by atoms with van der Waals surface area (Å²) in [7, 11) is 0. The quantitative estimate of drug-likeness (QED) is 0.546. The van der Waals surface area contributed by atoms with E-state index >= 15 is 0 Å². The Kier molecular flexibility index (Phi) is 6.18. The Labute approximate surface area is 61.4 Å². The fraction of sp³-hybridized carbons (Fsp3) is 0.857. The molecule has 0 heterocycles. The third-order valence-corrected chi connectivity index (χ3v) is 1.19. The van der Waals surface area contributed by atoms with Gasteiger partial charge < -0.3 is 10.4 Å². The molecule has 0 fully saturated rings. The van der Waals surface area contributed by atoms with Gasteiger partial charge in [0.15, 0.2) is 0 Å². The monoisotopic (exact) mass is 145 g/mol. The highest BCUT2D eigenvalue weighted by molar-refractivity contribution is 5.75. The van der Waals surface area contributed by atoms with Gasteiger partial charge in [0, 0.05) is 13.0 Å². The van der Waals surface area contributed by atoms with Crippen LogP contribution in [0.3, 0.4) is 0 Å². The van der Waals surface area contributed by atoms with E-state index in [9.17, 15) is 4.79 Å². The fourth-order valence-electron chi connectivity index (χ4n) is 0.595. The standard InChI is InChI=1S/C7H15NO2/c1-2-3-5-8-7(10)4-6-9/h9H,2-6H2,1H3,(H,8,10). The van der Waals surface area contributed by atoms with E-state index in [1.54, 1.807) is 0 Å². The van der Waals surface area contributed by atoms with Crippen LogP contribution in [0.2, 0.25) is 0 Å². The molecule has 0 atom stereocenters. The Morgan fingerprint density at radius 3 is 2.80 bits per heavy atom.